The van der Waals surface area contributed by atoms with Crippen molar-refractivity contribution in [2.24, 2.45) is 16.6 Å². The summed E-state index contributed by atoms with van der Waals surface area (Å²) < 4.78 is 0. The van der Waals surface area contributed by atoms with Crippen molar-refractivity contribution >= 4 is 17.6 Å². The lowest BCUT2D eigenvalue weighted by Gasteiger charge is -2.33. The lowest BCUT2D eigenvalue weighted by atomic mass is 9.86. The summed E-state index contributed by atoms with van der Waals surface area (Å²) >= 11 is 0. The van der Waals surface area contributed by atoms with E-state index in [0.717, 1.165) is 22.3 Å². The van der Waals surface area contributed by atoms with Gasteiger partial charge in [0.25, 0.3) is 0 Å². The second kappa shape index (κ2) is 6.89. The minimum absolute atomic E-state index is 0.0481. The molecule has 1 fully saturated rings. The number of carbonyl (C=O) groups excluding carboxylic acids is 2. The van der Waals surface area contributed by atoms with E-state index in [1.807, 2.05) is 55.5 Å². The highest BCUT2D eigenvalue weighted by atomic mass is 16.2. The van der Waals surface area contributed by atoms with E-state index in [-0.39, 0.29) is 24.1 Å². The van der Waals surface area contributed by atoms with Crippen molar-refractivity contribution < 1.29 is 9.59 Å². The van der Waals surface area contributed by atoms with Gasteiger partial charge in [0.15, 0.2) is 11.7 Å². The molecule has 1 saturated carbocycles. The van der Waals surface area contributed by atoms with Gasteiger partial charge in [-0.2, -0.15) is 0 Å². The van der Waals surface area contributed by atoms with E-state index in [1.54, 1.807) is 7.05 Å². The molecule has 0 radical (unpaired) electrons. The Bertz CT molecular complexity index is 977. The SMILES string of the molecule is CN1C(=O)C[C@@](C)(c2cccc(-c3cccc(C(=O)CC4CC4)c3)c2)N=C1N. The third-order valence-electron chi connectivity index (χ3n) is 5.75. The van der Waals surface area contributed by atoms with Crippen LogP contribution in [0.15, 0.2) is 53.5 Å². The molecule has 2 aliphatic rings. The van der Waals surface area contributed by atoms with Gasteiger partial charge < -0.3 is 5.73 Å². The van der Waals surface area contributed by atoms with Gasteiger partial charge in [-0.1, -0.05) is 36.4 Å². The molecule has 1 heterocycles. The van der Waals surface area contributed by atoms with Crippen LogP contribution < -0.4 is 5.73 Å². The van der Waals surface area contributed by atoms with E-state index < -0.39 is 5.54 Å². The smallest absolute Gasteiger partial charge is 0.231 e. The third-order valence-corrected chi connectivity index (χ3v) is 5.75. The summed E-state index contributed by atoms with van der Waals surface area (Å²) in [7, 11) is 1.64. The molecule has 0 bridgehead atoms. The summed E-state index contributed by atoms with van der Waals surface area (Å²) in [5.74, 6) is 0.973. The summed E-state index contributed by atoms with van der Waals surface area (Å²) in [6, 6.07) is 15.8. The van der Waals surface area contributed by atoms with Gasteiger partial charge in [0.1, 0.15) is 0 Å². The molecule has 1 amide bonds. The lowest BCUT2D eigenvalue weighted by molar-refractivity contribution is -0.128. The molecule has 4 rings (SSSR count). The van der Waals surface area contributed by atoms with Crippen LogP contribution in [0.4, 0.5) is 0 Å². The zero-order valence-electron chi connectivity index (χ0n) is 16.3. The van der Waals surface area contributed by atoms with Gasteiger partial charge in [-0.15, -0.1) is 0 Å². The summed E-state index contributed by atoms with van der Waals surface area (Å²) in [5.41, 5.74) is 8.94. The van der Waals surface area contributed by atoms with Crippen molar-refractivity contribution in [3.05, 3.63) is 59.7 Å². The van der Waals surface area contributed by atoms with Crippen molar-refractivity contribution in [3.63, 3.8) is 0 Å². The Kier molecular flexibility index (Phi) is 4.53. The first-order valence-corrected chi connectivity index (χ1v) is 9.72. The van der Waals surface area contributed by atoms with Crippen LogP contribution in [-0.4, -0.2) is 29.6 Å². The number of guanidine groups is 1. The van der Waals surface area contributed by atoms with E-state index in [9.17, 15) is 9.59 Å². The van der Waals surface area contributed by atoms with Gasteiger partial charge in [0, 0.05) is 19.0 Å². The molecule has 28 heavy (non-hydrogen) atoms. The number of rotatable bonds is 5. The van der Waals surface area contributed by atoms with Crippen LogP contribution in [0, 0.1) is 5.92 Å². The quantitative estimate of drug-likeness (QED) is 0.809. The van der Waals surface area contributed by atoms with Crippen molar-refractivity contribution in [2.75, 3.05) is 7.05 Å². The number of aliphatic imine (C=N–C) groups is 1. The van der Waals surface area contributed by atoms with Crippen molar-refractivity contribution in [1.82, 2.24) is 4.90 Å². The van der Waals surface area contributed by atoms with Crippen LogP contribution in [0.2, 0.25) is 0 Å². The topological polar surface area (TPSA) is 75.8 Å². The molecular weight excluding hydrogens is 350 g/mol. The normalized spacial score (nSPS) is 22.1. The van der Waals surface area contributed by atoms with Gasteiger partial charge in [-0.3, -0.25) is 14.5 Å². The zero-order chi connectivity index (χ0) is 19.9. The van der Waals surface area contributed by atoms with E-state index in [1.165, 1.54) is 17.7 Å². The molecule has 2 aromatic rings. The molecule has 2 N–H and O–H groups in total. The van der Waals surface area contributed by atoms with Crippen LogP contribution in [0.5, 0.6) is 0 Å². The first-order chi connectivity index (χ1) is 13.4. The monoisotopic (exact) mass is 375 g/mol. The number of benzene rings is 2. The Labute approximate surface area is 165 Å². The lowest BCUT2D eigenvalue weighted by Crippen LogP contribution is -2.47. The van der Waals surface area contributed by atoms with Gasteiger partial charge in [0.05, 0.1) is 12.0 Å². The molecule has 1 atom stereocenters. The number of nitrogens with zero attached hydrogens (tertiary/aromatic N) is 2. The highest BCUT2D eigenvalue weighted by molar-refractivity contribution is 5.99. The summed E-state index contributed by atoms with van der Waals surface area (Å²) in [6.45, 7) is 1.93. The largest absolute Gasteiger partial charge is 0.369 e. The molecule has 1 aliphatic carbocycles. The predicted octanol–water partition coefficient (Wildman–Crippen LogP) is 3.73. The Morgan fingerprint density at radius 2 is 1.86 bits per heavy atom. The Hall–Kier alpha value is -2.95. The number of carbonyl (C=O) groups is 2. The molecule has 144 valence electrons. The first-order valence-electron chi connectivity index (χ1n) is 9.72. The molecule has 0 unspecified atom stereocenters. The van der Waals surface area contributed by atoms with E-state index in [4.69, 9.17) is 5.73 Å². The van der Waals surface area contributed by atoms with Gasteiger partial charge >= 0.3 is 0 Å². The number of amides is 1. The highest BCUT2D eigenvalue weighted by Gasteiger charge is 2.36. The maximum absolute atomic E-state index is 12.5. The van der Waals surface area contributed by atoms with E-state index in [2.05, 4.69) is 4.99 Å². The van der Waals surface area contributed by atoms with Crippen LogP contribution in [0.25, 0.3) is 11.1 Å². The molecule has 5 heteroatoms. The van der Waals surface area contributed by atoms with Crippen LogP contribution >= 0.6 is 0 Å². The summed E-state index contributed by atoms with van der Waals surface area (Å²) in [4.78, 5) is 30.7. The number of ketones is 1. The maximum atomic E-state index is 12.5. The Morgan fingerprint density at radius 1 is 1.18 bits per heavy atom. The van der Waals surface area contributed by atoms with Crippen LogP contribution in [0.1, 0.15) is 48.5 Å². The number of hydrogen-bond donors (Lipinski definition) is 1. The standard InChI is InChI=1S/C23H25N3O2/c1-23(14-21(28)26(2)22(24)25-23)19-8-4-6-17(13-19)16-5-3-7-18(12-16)20(27)11-15-9-10-15/h3-8,12-13,15H,9-11,14H2,1-2H3,(H2,24,25)/t23-/m0/s1. The maximum Gasteiger partial charge on any atom is 0.231 e. The number of nitrogens with two attached hydrogens (primary N) is 1. The molecule has 0 saturated heterocycles. The minimum Gasteiger partial charge on any atom is -0.369 e. The number of Topliss-reactive ketones (excluding diaryl/α,β-unsaturated/α-hetero) is 1. The van der Waals surface area contributed by atoms with Gasteiger partial charge in [0.2, 0.25) is 5.91 Å². The molecular formula is C23H25N3O2. The molecule has 1 aliphatic heterocycles. The van der Waals surface area contributed by atoms with Crippen molar-refractivity contribution in [1.29, 1.82) is 0 Å². The molecule has 0 aromatic heterocycles. The van der Waals surface area contributed by atoms with Crippen LogP contribution in [0.3, 0.4) is 0 Å². The fourth-order valence-corrected chi connectivity index (χ4v) is 3.68. The number of hydrogen-bond acceptors (Lipinski definition) is 4. The zero-order valence-corrected chi connectivity index (χ0v) is 16.3. The fraction of sp³-hybridized carbons (Fsp3) is 0.348. The summed E-state index contributed by atoms with van der Waals surface area (Å²) in [6.07, 6.45) is 3.26. The second-order valence-corrected chi connectivity index (χ2v) is 8.11. The fourth-order valence-electron chi connectivity index (χ4n) is 3.68. The Balaban J connectivity index is 1.66. The summed E-state index contributed by atoms with van der Waals surface area (Å²) in [5, 5.41) is 0. The van der Waals surface area contributed by atoms with E-state index >= 15 is 0 Å². The molecule has 0 spiro atoms. The molecule has 5 nitrogen and oxygen atoms in total. The Morgan fingerprint density at radius 3 is 2.54 bits per heavy atom. The first kappa shape index (κ1) is 18.4. The van der Waals surface area contributed by atoms with Crippen LogP contribution in [-0.2, 0) is 10.3 Å². The molecule has 2 aromatic carbocycles. The second-order valence-electron chi connectivity index (χ2n) is 8.11. The third kappa shape index (κ3) is 3.57. The van der Waals surface area contributed by atoms with E-state index in [0.29, 0.717) is 12.3 Å². The van der Waals surface area contributed by atoms with Gasteiger partial charge in [-0.05, 0) is 54.5 Å². The average Bonchev–Trinajstić information content (AvgIpc) is 3.50. The minimum atomic E-state index is -0.691. The van der Waals surface area contributed by atoms with Gasteiger partial charge in [-0.25, -0.2) is 4.99 Å². The average molecular weight is 375 g/mol. The predicted molar refractivity (Wildman–Crippen MR) is 110 cm³/mol. The highest BCUT2D eigenvalue weighted by Crippen LogP contribution is 2.36. The van der Waals surface area contributed by atoms with Crippen molar-refractivity contribution in [3.8, 4) is 11.1 Å². The van der Waals surface area contributed by atoms with Crippen molar-refractivity contribution in [2.45, 2.75) is 38.1 Å².